The van der Waals surface area contributed by atoms with E-state index in [4.69, 9.17) is 11.6 Å². The molecule has 0 spiro atoms. The van der Waals surface area contributed by atoms with Crippen LogP contribution in [0, 0.1) is 12.8 Å². The van der Waals surface area contributed by atoms with Gasteiger partial charge in [0.25, 0.3) is 0 Å². The second-order valence-corrected chi connectivity index (χ2v) is 7.61. The van der Waals surface area contributed by atoms with Gasteiger partial charge in [0, 0.05) is 31.4 Å². The first-order valence-electron chi connectivity index (χ1n) is 9.51. The van der Waals surface area contributed by atoms with E-state index in [0.29, 0.717) is 10.7 Å². The maximum Gasteiger partial charge on any atom is 0.227 e. The van der Waals surface area contributed by atoms with Crippen LogP contribution in [0.25, 0.3) is 5.69 Å². The number of pyridine rings is 1. The number of halogens is 1. The number of anilines is 2. The lowest BCUT2D eigenvalue weighted by molar-refractivity contribution is -0.120. The molecule has 3 heterocycles. The van der Waals surface area contributed by atoms with Gasteiger partial charge in [-0.25, -0.2) is 4.98 Å². The molecular formula is C22H23ClN4O. The highest BCUT2D eigenvalue weighted by atomic mass is 35.5. The average molecular weight is 395 g/mol. The molecule has 4 rings (SSSR count). The lowest BCUT2D eigenvalue weighted by atomic mass is 9.95. The van der Waals surface area contributed by atoms with Crippen molar-refractivity contribution in [1.29, 1.82) is 0 Å². The maximum atomic E-state index is 12.6. The van der Waals surface area contributed by atoms with Crippen LogP contribution in [0.1, 0.15) is 18.4 Å². The van der Waals surface area contributed by atoms with Gasteiger partial charge < -0.3 is 14.8 Å². The third kappa shape index (κ3) is 4.04. The zero-order chi connectivity index (χ0) is 19.5. The summed E-state index contributed by atoms with van der Waals surface area (Å²) in [4.78, 5) is 19.5. The lowest BCUT2D eigenvalue weighted by Gasteiger charge is -2.32. The van der Waals surface area contributed by atoms with Crippen molar-refractivity contribution in [3.8, 4) is 5.69 Å². The molecule has 0 bridgehead atoms. The molecule has 1 N–H and O–H groups in total. The SMILES string of the molecule is Cc1ccc(NC(=O)C2CCN(c3ccc(-n4cccc4)cn3)CC2)c(Cl)c1. The van der Waals surface area contributed by atoms with Crippen molar-refractivity contribution in [2.75, 3.05) is 23.3 Å². The molecule has 3 aromatic rings. The Bertz CT molecular complexity index is 945. The molecule has 1 aliphatic heterocycles. The second-order valence-electron chi connectivity index (χ2n) is 7.20. The monoisotopic (exact) mass is 394 g/mol. The second kappa shape index (κ2) is 8.07. The highest BCUT2D eigenvalue weighted by molar-refractivity contribution is 6.33. The van der Waals surface area contributed by atoms with Gasteiger partial charge in [0.05, 0.1) is 22.6 Å². The number of nitrogens with one attached hydrogen (secondary N) is 1. The van der Waals surface area contributed by atoms with Crippen LogP contribution in [0.3, 0.4) is 0 Å². The molecule has 1 aliphatic rings. The fraction of sp³-hybridized carbons (Fsp3) is 0.273. The first-order chi connectivity index (χ1) is 13.6. The summed E-state index contributed by atoms with van der Waals surface area (Å²) >= 11 is 6.23. The van der Waals surface area contributed by atoms with Crippen molar-refractivity contribution in [2.24, 2.45) is 5.92 Å². The first-order valence-corrected chi connectivity index (χ1v) is 9.89. The van der Waals surface area contributed by atoms with E-state index >= 15 is 0 Å². The predicted molar refractivity (Wildman–Crippen MR) is 113 cm³/mol. The van der Waals surface area contributed by atoms with E-state index in [1.54, 1.807) is 0 Å². The lowest BCUT2D eigenvalue weighted by Crippen LogP contribution is -2.38. The molecule has 0 radical (unpaired) electrons. The van der Waals surface area contributed by atoms with E-state index < -0.39 is 0 Å². The van der Waals surface area contributed by atoms with Gasteiger partial charge >= 0.3 is 0 Å². The van der Waals surface area contributed by atoms with Crippen LogP contribution in [0.5, 0.6) is 0 Å². The van der Waals surface area contributed by atoms with Crippen LogP contribution >= 0.6 is 11.6 Å². The van der Waals surface area contributed by atoms with Crippen LogP contribution in [-0.4, -0.2) is 28.5 Å². The Morgan fingerprint density at radius 1 is 1.14 bits per heavy atom. The summed E-state index contributed by atoms with van der Waals surface area (Å²) in [6.45, 7) is 3.61. The highest BCUT2D eigenvalue weighted by Gasteiger charge is 2.26. The van der Waals surface area contributed by atoms with Gasteiger partial charge in [0.15, 0.2) is 0 Å². The number of piperidine rings is 1. The van der Waals surface area contributed by atoms with Gasteiger partial charge in [0.1, 0.15) is 5.82 Å². The van der Waals surface area contributed by atoms with Crippen molar-refractivity contribution in [1.82, 2.24) is 9.55 Å². The molecule has 1 aromatic carbocycles. The molecule has 0 atom stereocenters. The van der Waals surface area contributed by atoms with Crippen molar-refractivity contribution >= 4 is 29.0 Å². The number of amides is 1. The van der Waals surface area contributed by atoms with Gasteiger partial charge in [-0.15, -0.1) is 0 Å². The quantitative estimate of drug-likeness (QED) is 0.698. The van der Waals surface area contributed by atoms with E-state index in [1.165, 1.54) is 0 Å². The van der Waals surface area contributed by atoms with Crippen molar-refractivity contribution < 1.29 is 4.79 Å². The molecule has 1 fully saturated rings. The van der Waals surface area contributed by atoms with Crippen LogP contribution in [0.4, 0.5) is 11.5 Å². The molecule has 144 valence electrons. The number of carbonyl (C=O) groups is 1. The summed E-state index contributed by atoms with van der Waals surface area (Å²) in [5, 5.41) is 3.56. The summed E-state index contributed by atoms with van der Waals surface area (Å²) in [6, 6.07) is 13.8. The first kappa shape index (κ1) is 18.6. The Morgan fingerprint density at radius 2 is 1.89 bits per heavy atom. The van der Waals surface area contributed by atoms with Crippen molar-refractivity contribution in [2.45, 2.75) is 19.8 Å². The zero-order valence-electron chi connectivity index (χ0n) is 15.8. The van der Waals surface area contributed by atoms with Gasteiger partial charge in [-0.05, 0) is 61.7 Å². The topological polar surface area (TPSA) is 50.2 Å². The largest absolute Gasteiger partial charge is 0.357 e. The van der Waals surface area contributed by atoms with E-state index in [1.807, 2.05) is 66.5 Å². The molecule has 0 aliphatic carbocycles. The van der Waals surface area contributed by atoms with Crippen LogP contribution < -0.4 is 10.2 Å². The molecule has 1 saturated heterocycles. The van der Waals surface area contributed by atoms with Gasteiger partial charge in [0.2, 0.25) is 5.91 Å². The van der Waals surface area contributed by atoms with Crippen LogP contribution in [0.15, 0.2) is 61.1 Å². The third-order valence-electron chi connectivity index (χ3n) is 5.21. The third-order valence-corrected chi connectivity index (χ3v) is 5.52. The fourth-order valence-corrected chi connectivity index (χ4v) is 3.83. The molecule has 6 heteroatoms. The normalized spacial score (nSPS) is 14.9. The Hall–Kier alpha value is -2.79. The molecule has 2 aromatic heterocycles. The Morgan fingerprint density at radius 3 is 2.54 bits per heavy atom. The standard InChI is InChI=1S/C22H23ClN4O/c1-16-4-6-20(19(23)14-16)25-22(28)17-8-12-27(13-9-17)21-7-5-18(15-24-21)26-10-2-3-11-26/h2-7,10-11,14-15,17H,8-9,12-13H2,1H3,(H,25,28). The fourth-order valence-electron chi connectivity index (χ4n) is 3.55. The Labute approximate surface area is 170 Å². The number of hydrogen-bond acceptors (Lipinski definition) is 3. The Balaban J connectivity index is 1.34. The minimum absolute atomic E-state index is 0.00670. The summed E-state index contributed by atoms with van der Waals surface area (Å²) in [7, 11) is 0. The van der Waals surface area contributed by atoms with Crippen LogP contribution in [-0.2, 0) is 4.79 Å². The van der Waals surface area contributed by atoms with Gasteiger partial charge in [-0.1, -0.05) is 17.7 Å². The van der Waals surface area contributed by atoms with E-state index in [0.717, 1.165) is 43.0 Å². The molecular weight excluding hydrogens is 372 g/mol. The van der Waals surface area contributed by atoms with E-state index in [2.05, 4.69) is 21.3 Å². The number of benzene rings is 1. The smallest absolute Gasteiger partial charge is 0.227 e. The highest BCUT2D eigenvalue weighted by Crippen LogP contribution is 2.26. The van der Waals surface area contributed by atoms with Crippen LogP contribution in [0.2, 0.25) is 5.02 Å². The zero-order valence-corrected chi connectivity index (χ0v) is 16.6. The minimum Gasteiger partial charge on any atom is -0.357 e. The molecule has 28 heavy (non-hydrogen) atoms. The molecule has 0 saturated carbocycles. The number of hydrogen-bond donors (Lipinski definition) is 1. The Kier molecular flexibility index (Phi) is 5.35. The number of rotatable bonds is 4. The summed E-state index contributed by atoms with van der Waals surface area (Å²) in [5.74, 6) is 0.991. The molecule has 0 unspecified atom stereocenters. The van der Waals surface area contributed by atoms with E-state index in [9.17, 15) is 4.79 Å². The minimum atomic E-state index is -0.00670. The van der Waals surface area contributed by atoms with Gasteiger partial charge in [-0.2, -0.15) is 0 Å². The number of aromatic nitrogens is 2. The molecule has 5 nitrogen and oxygen atoms in total. The predicted octanol–water partition coefficient (Wildman–Crippen LogP) is 4.69. The number of carbonyl (C=O) groups excluding carboxylic acids is 1. The summed E-state index contributed by atoms with van der Waals surface area (Å²) in [6.07, 6.45) is 7.49. The van der Waals surface area contributed by atoms with Crippen molar-refractivity contribution in [3.63, 3.8) is 0 Å². The number of aryl methyl sites for hydroxylation is 1. The van der Waals surface area contributed by atoms with Crippen molar-refractivity contribution in [3.05, 3.63) is 71.6 Å². The summed E-state index contributed by atoms with van der Waals surface area (Å²) in [5.41, 5.74) is 2.80. The van der Waals surface area contributed by atoms with E-state index in [-0.39, 0.29) is 11.8 Å². The maximum absolute atomic E-state index is 12.6. The number of nitrogens with zero attached hydrogens (tertiary/aromatic N) is 3. The summed E-state index contributed by atoms with van der Waals surface area (Å²) < 4.78 is 2.03. The molecule has 1 amide bonds. The van der Waals surface area contributed by atoms with Gasteiger partial charge in [-0.3, -0.25) is 4.79 Å². The average Bonchev–Trinajstić information content (AvgIpc) is 3.25.